The fraction of sp³-hybridized carbons (Fsp3) is 0.294. The highest BCUT2D eigenvalue weighted by molar-refractivity contribution is 5.59. The minimum atomic E-state index is -0.433. The summed E-state index contributed by atoms with van der Waals surface area (Å²) in [5, 5.41) is 22.0. The normalized spacial score (nSPS) is 13.4. The number of benzene rings is 2. The molecule has 0 saturated heterocycles. The van der Waals surface area contributed by atoms with Gasteiger partial charge in [-0.25, -0.2) is 0 Å². The summed E-state index contributed by atoms with van der Waals surface area (Å²) >= 11 is 0. The third-order valence-electron chi connectivity index (χ3n) is 4.33. The van der Waals surface area contributed by atoms with Gasteiger partial charge in [-0.1, -0.05) is 6.07 Å². The van der Waals surface area contributed by atoms with Crippen LogP contribution in [0.4, 0.5) is 17.1 Å². The Bertz CT molecular complexity index is 837. The predicted molar refractivity (Wildman–Crippen MR) is 91.7 cm³/mol. The second-order valence-corrected chi connectivity index (χ2v) is 5.88. The molecule has 2 aromatic carbocycles. The summed E-state index contributed by atoms with van der Waals surface area (Å²) < 4.78 is 5.18. The Morgan fingerprint density at radius 1 is 1.04 bits per heavy atom. The zero-order valence-electron chi connectivity index (χ0n) is 13.7. The van der Waals surface area contributed by atoms with E-state index in [4.69, 9.17) is 4.74 Å². The zero-order valence-corrected chi connectivity index (χ0v) is 13.7. The highest BCUT2D eigenvalue weighted by Crippen LogP contribution is 2.31. The molecule has 0 bridgehead atoms. The lowest BCUT2D eigenvalue weighted by molar-refractivity contribution is -0.385. The summed E-state index contributed by atoms with van der Waals surface area (Å²) in [5.41, 5.74) is 3.67. The number of fused-ring (bicyclic) bond motifs is 1. The summed E-state index contributed by atoms with van der Waals surface area (Å²) in [6.45, 7) is 1.51. The van der Waals surface area contributed by atoms with Crippen molar-refractivity contribution in [3.8, 4) is 0 Å². The molecule has 8 nitrogen and oxygen atoms in total. The number of methoxy groups -OCH3 is 1. The maximum absolute atomic E-state index is 11.0. The van der Waals surface area contributed by atoms with E-state index >= 15 is 0 Å². The van der Waals surface area contributed by atoms with Crippen molar-refractivity contribution in [2.45, 2.75) is 19.6 Å². The van der Waals surface area contributed by atoms with Crippen molar-refractivity contribution >= 4 is 17.1 Å². The molecule has 3 rings (SSSR count). The second kappa shape index (κ2) is 6.86. The van der Waals surface area contributed by atoms with Crippen LogP contribution in [0.1, 0.15) is 16.7 Å². The largest absolute Gasteiger partial charge is 0.380 e. The highest BCUT2D eigenvalue weighted by atomic mass is 16.6. The van der Waals surface area contributed by atoms with Gasteiger partial charge in [-0.15, -0.1) is 0 Å². The third-order valence-corrected chi connectivity index (χ3v) is 4.33. The van der Waals surface area contributed by atoms with Crippen molar-refractivity contribution in [3.05, 3.63) is 73.3 Å². The van der Waals surface area contributed by atoms with Crippen LogP contribution >= 0.6 is 0 Å². The Balaban J connectivity index is 1.94. The van der Waals surface area contributed by atoms with E-state index in [1.807, 2.05) is 0 Å². The maximum atomic E-state index is 11.0. The molecular weight excluding hydrogens is 326 g/mol. The van der Waals surface area contributed by atoms with E-state index < -0.39 is 9.85 Å². The number of rotatable bonds is 5. The van der Waals surface area contributed by atoms with Crippen LogP contribution in [0.3, 0.4) is 0 Å². The summed E-state index contributed by atoms with van der Waals surface area (Å²) in [6.07, 6.45) is 0.761. The lowest BCUT2D eigenvalue weighted by Crippen LogP contribution is -2.31. The number of hydrogen-bond acceptors (Lipinski definition) is 6. The topological polar surface area (TPSA) is 98.8 Å². The predicted octanol–water partition coefficient (Wildman–Crippen LogP) is 3.21. The van der Waals surface area contributed by atoms with Gasteiger partial charge in [0.2, 0.25) is 0 Å². The maximum Gasteiger partial charge on any atom is 0.269 e. The Morgan fingerprint density at radius 2 is 1.72 bits per heavy atom. The van der Waals surface area contributed by atoms with Crippen molar-refractivity contribution in [1.29, 1.82) is 0 Å². The van der Waals surface area contributed by atoms with Crippen LogP contribution in [0, 0.1) is 20.2 Å². The monoisotopic (exact) mass is 343 g/mol. The molecule has 25 heavy (non-hydrogen) atoms. The van der Waals surface area contributed by atoms with Gasteiger partial charge in [0.1, 0.15) is 0 Å². The first-order valence-electron chi connectivity index (χ1n) is 7.77. The molecule has 0 N–H and O–H groups in total. The number of hydrogen-bond donors (Lipinski definition) is 0. The van der Waals surface area contributed by atoms with Crippen LogP contribution in [0.2, 0.25) is 0 Å². The van der Waals surface area contributed by atoms with Crippen molar-refractivity contribution in [3.63, 3.8) is 0 Å². The Labute approximate surface area is 143 Å². The first-order chi connectivity index (χ1) is 12.0. The van der Waals surface area contributed by atoms with Gasteiger partial charge in [0, 0.05) is 55.7 Å². The van der Waals surface area contributed by atoms with Crippen LogP contribution in [-0.4, -0.2) is 23.5 Å². The number of non-ortho nitro benzene ring substituents is 2. The molecule has 2 aromatic rings. The Morgan fingerprint density at radius 3 is 2.40 bits per heavy atom. The van der Waals surface area contributed by atoms with Crippen LogP contribution in [0.15, 0.2) is 36.4 Å². The number of anilines is 1. The molecule has 0 amide bonds. The SMILES string of the molecule is COCc1cc([N+](=O)[O-])ccc1N1CCc2ccc([N+](=O)[O-])cc2C1. The van der Waals surface area contributed by atoms with Gasteiger partial charge in [-0.05, 0) is 23.6 Å². The van der Waals surface area contributed by atoms with E-state index in [0.29, 0.717) is 6.54 Å². The molecule has 1 heterocycles. The molecule has 0 spiro atoms. The van der Waals surface area contributed by atoms with Gasteiger partial charge in [-0.2, -0.15) is 0 Å². The molecule has 8 heteroatoms. The lowest BCUT2D eigenvalue weighted by atomic mass is 9.98. The molecule has 130 valence electrons. The van der Waals surface area contributed by atoms with Gasteiger partial charge in [0.25, 0.3) is 11.4 Å². The zero-order chi connectivity index (χ0) is 18.0. The summed E-state index contributed by atoms with van der Waals surface area (Å²) in [7, 11) is 1.54. The standard InChI is InChI=1S/C17H17N3O5/c1-25-11-14-9-16(20(23)24)4-5-17(14)18-7-6-12-2-3-15(19(21)22)8-13(12)10-18/h2-5,8-9H,6-7,10-11H2,1H3. The van der Waals surface area contributed by atoms with E-state index in [1.54, 1.807) is 18.2 Å². The summed E-state index contributed by atoms with van der Waals surface area (Å²) in [6, 6.07) is 9.63. The van der Waals surface area contributed by atoms with Gasteiger partial charge in [-0.3, -0.25) is 20.2 Å². The summed E-state index contributed by atoms with van der Waals surface area (Å²) in [5.74, 6) is 0. The molecule has 1 aliphatic rings. The molecular formula is C17H17N3O5. The molecule has 0 saturated carbocycles. The number of nitrogens with zero attached hydrogens (tertiary/aromatic N) is 3. The fourth-order valence-corrected chi connectivity index (χ4v) is 3.13. The molecule has 0 fully saturated rings. The molecule has 0 radical (unpaired) electrons. The number of nitro benzene ring substituents is 2. The van der Waals surface area contributed by atoms with Crippen LogP contribution < -0.4 is 4.90 Å². The first-order valence-corrected chi connectivity index (χ1v) is 7.77. The minimum Gasteiger partial charge on any atom is -0.380 e. The third kappa shape index (κ3) is 3.43. The minimum absolute atomic E-state index is 0.0175. The molecule has 1 aliphatic heterocycles. The van der Waals surface area contributed by atoms with Gasteiger partial charge >= 0.3 is 0 Å². The van der Waals surface area contributed by atoms with Crippen LogP contribution in [-0.2, 0) is 24.3 Å². The van der Waals surface area contributed by atoms with Crippen molar-refractivity contribution < 1.29 is 14.6 Å². The van der Waals surface area contributed by atoms with Crippen molar-refractivity contribution in [2.24, 2.45) is 0 Å². The van der Waals surface area contributed by atoms with E-state index in [1.165, 1.54) is 25.3 Å². The van der Waals surface area contributed by atoms with Crippen molar-refractivity contribution in [2.75, 3.05) is 18.6 Å². The van der Waals surface area contributed by atoms with Gasteiger partial charge in [0.05, 0.1) is 16.5 Å². The molecule has 0 unspecified atom stereocenters. The average molecular weight is 343 g/mol. The number of ether oxygens (including phenoxy) is 1. The quantitative estimate of drug-likeness (QED) is 0.610. The molecule has 0 aromatic heterocycles. The summed E-state index contributed by atoms with van der Waals surface area (Å²) in [4.78, 5) is 23.2. The Kier molecular flexibility index (Phi) is 4.62. The van der Waals surface area contributed by atoms with E-state index in [0.717, 1.165) is 35.3 Å². The van der Waals surface area contributed by atoms with E-state index in [-0.39, 0.29) is 18.0 Å². The second-order valence-electron chi connectivity index (χ2n) is 5.88. The first kappa shape index (κ1) is 16.8. The van der Waals surface area contributed by atoms with Gasteiger partial charge < -0.3 is 9.64 Å². The van der Waals surface area contributed by atoms with E-state index in [9.17, 15) is 20.2 Å². The molecule has 0 aliphatic carbocycles. The van der Waals surface area contributed by atoms with Crippen molar-refractivity contribution in [1.82, 2.24) is 0 Å². The Hall–Kier alpha value is -3.00. The fourth-order valence-electron chi connectivity index (χ4n) is 3.13. The average Bonchev–Trinajstić information content (AvgIpc) is 2.61. The van der Waals surface area contributed by atoms with Gasteiger partial charge in [0.15, 0.2) is 0 Å². The molecule has 0 atom stereocenters. The number of nitro groups is 2. The highest BCUT2D eigenvalue weighted by Gasteiger charge is 2.22. The van der Waals surface area contributed by atoms with Crippen LogP contribution in [0.5, 0.6) is 0 Å². The lowest BCUT2D eigenvalue weighted by Gasteiger charge is -2.32. The smallest absolute Gasteiger partial charge is 0.269 e. The van der Waals surface area contributed by atoms with E-state index in [2.05, 4.69) is 4.90 Å². The van der Waals surface area contributed by atoms with Crippen LogP contribution in [0.25, 0.3) is 0 Å².